The molecule has 0 aliphatic carbocycles. The molecule has 1 aliphatic heterocycles. The van der Waals surface area contributed by atoms with Crippen molar-refractivity contribution in [3.8, 4) is 0 Å². The first-order valence-electron chi connectivity index (χ1n) is 4.29. The average Bonchev–Trinajstić information content (AvgIpc) is 1.84. The Balaban J connectivity index is 2.20. The maximum Gasteiger partial charge on any atom is 0.234 e. The summed E-state index contributed by atoms with van der Waals surface area (Å²) >= 11 is 0. The minimum Gasteiger partial charge on any atom is -0.368 e. The van der Waals surface area contributed by atoms with Crippen molar-refractivity contribution in [1.82, 2.24) is 4.90 Å². The van der Waals surface area contributed by atoms with Crippen LogP contribution in [0.25, 0.3) is 0 Å². The number of carbonyl (C=O) groups is 1. The van der Waals surface area contributed by atoms with Crippen molar-refractivity contribution in [3.63, 3.8) is 0 Å². The van der Waals surface area contributed by atoms with Gasteiger partial charge in [-0.1, -0.05) is 13.3 Å². The number of primary amides is 1. The lowest BCUT2D eigenvalue weighted by Gasteiger charge is -2.38. The highest BCUT2D eigenvalue weighted by Gasteiger charge is 2.31. The number of amides is 1. The Kier molecular flexibility index (Phi) is 2.88. The Bertz CT molecular complexity index is 147. The van der Waals surface area contributed by atoms with Gasteiger partial charge in [0, 0.05) is 6.54 Å². The van der Waals surface area contributed by atoms with E-state index in [1.54, 1.807) is 0 Å². The van der Waals surface area contributed by atoms with Crippen LogP contribution in [0.1, 0.15) is 26.2 Å². The molecule has 0 spiro atoms. The lowest BCUT2D eigenvalue weighted by Crippen LogP contribution is -2.54. The summed E-state index contributed by atoms with van der Waals surface area (Å²) in [6.45, 7) is 4.23. The Hall–Kier alpha value is -0.570. The van der Waals surface area contributed by atoms with E-state index in [-0.39, 0.29) is 11.9 Å². The van der Waals surface area contributed by atoms with Gasteiger partial charge in [0.25, 0.3) is 0 Å². The highest BCUT2D eigenvalue weighted by Crippen LogP contribution is 2.16. The molecule has 11 heavy (non-hydrogen) atoms. The smallest absolute Gasteiger partial charge is 0.234 e. The molecule has 0 bridgehead atoms. The summed E-state index contributed by atoms with van der Waals surface area (Å²) in [6, 6.07) is 0.0431. The van der Waals surface area contributed by atoms with Crippen LogP contribution in [0.5, 0.6) is 0 Å². The zero-order valence-corrected chi connectivity index (χ0v) is 7.05. The van der Waals surface area contributed by atoms with Crippen molar-refractivity contribution in [2.45, 2.75) is 32.2 Å². The molecule has 1 unspecified atom stereocenters. The van der Waals surface area contributed by atoms with Crippen LogP contribution in [0.15, 0.2) is 0 Å². The van der Waals surface area contributed by atoms with Gasteiger partial charge in [-0.25, -0.2) is 0 Å². The van der Waals surface area contributed by atoms with E-state index >= 15 is 0 Å². The van der Waals surface area contributed by atoms with Crippen molar-refractivity contribution >= 4 is 5.91 Å². The largest absolute Gasteiger partial charge is 0.368 e. The van der Waals surface area contributed by atoms with Gasteiger partial charge in [0.1, 0.15) is 0 Å². The van der Waals surface area contributed by atoms with Crippen LogP contribution in [0.3, 0.4) is 0 Å². The number of carbonyl (C=O) groups excluding carboxylic acids is 1. The van der Waals surface area contributed by atoms with Crippen LogP contribution < -0.4 is 5.73 Å². The molecule has 0 aromatic rings. The second kappa shape index (κ2) is 3.72. The van der Waals surface area contributed by atoms with E-state index in [0.29, 0.717) is 0 Å². The highest BCUT2D eigenvalue weighted by atomic mass is 16.1. The molecule has 1 fully saturated rings. The molecule has 0 radical (unpaired) electrons. The fourth-order valence-corrected chi connectivity index (χ4v) is 1.39. The molecule has 1 rings (SSSR count). The van der Waals surface area contributed by atoms with E-state index in [0.717, 1.165) is 19.5 Å². The number of unbranched alkanes of at least 4 members (excludes halogenated alkanes) is 1. The molecule has 1 amide bonds. The number of nitrogens with two attached hydrogens (primary N) is 1. The molecule has 0 aromatic carbocycles. The van der Waals surface area contributed by atoms with E-state index in [4.69, 9.17) is 5.73 Å². The topological polar surface area (TPSA) is 46.3 Å². The van der Waals surface area contributed by atoms with E-state index in [1.807, 2.05) is 0 Å². The molecular weight excluding hydrogens is 140 g/mol. The third-order valence-corrected chi connectivity index (χ3v) is 2.26. The first-order valence-corrected chi connectivity index (χ1v) is 4.29. The second-order valence-corrected chi connectivity index (χ2v) is 3.10. The molecule has 1 saturated heterocycles. The predicted molar refractivity (Wildman–Crippen MR) is 44.1 cm³/mol. The second-order valence-electron chi connectivity index (χ2n) is 3.10. The lowest BCUT2D eigenvalue weighted by atomic mass is 10.0. The maximum absolute atomic E-state index is 10.7. The highest BCUT2D eigenvalue weighted by molar-refractivity contribution is 5.80. The Morgan fingerprint density at radius 2 is 2.45 bits per heavy atom. The number of likely N-dealkylation sites (tertiary alicyclic amines) is 1. The summed E-state index contributed by atoms with van der Waals surface area (Å²) in [5.41, 5.74) is 5.18. The zero-order chi connectivity index (χ0) is 8.27. The number of rotatable bonds is 4. The minimum atomic E-state index is -0.160. The molecule has 1 heterocycles. The van der Waals surface area contributed by atoms with Crippen molar-refractivity contribution in [2.24, 2.45) is 5.73 Å². The molecule has 64 valence electrons. The Labute approximate surface area is 67.5 Å². The Morgan fingerprint density at radius 1 is 1.73 bits per heavy atom. The van der Waals surface area contributed by atoms with Gasteiger partial charge < -0.3 is 5.73 Å². The first kappa shape index (κ1) is 8.53. The third kappa shape index (κ3) is 1.93. The Morgan fingerprint density at radius 3 is 2.82 bits per heavy atom. The van der Waals surface area contributed by atoms with Gasteiger partial charge in [-0.05, 0) is 19.4 Å². The van der Waals surface area contributed by atoms with Gasteiger partial charge in [-0.2, -0.15) is 0 Å². The van der Waals surface area contributed by atoms with Crippen LogP contribution in [-0.4, -0.2) is 29.9 Å². The van der Waals surface area contributed by atoms with E-state index in [1.165, 1.54) is 12.8 Å². The van der Waals surface area contributed by atoms with Crippen LogP contribution in [0.2, 0.25) is 0 Å². The molecule has 3 heteroatoms. The van der Waals surface area contributed by atoms with Gasteiger partial charge in [0.2, 0.25) is 5.91 Å². The predicted octanol–water partition coefficient (Wildman–Crippen LogP) is 0.346. The summed E-state index contributed by atoms with van der Waals surface area (Å²) in [4.78, 5) is 12.9. The molecule has 0 aromatic heterocycles. The monoisotopic (exact) mass is 156 g/mol. The molecule has 3 nitrogen and oxygen atoms in total. The molecular formula is C8H16N2O. The van der Waals surface area contributed by atoms with Gasteiger partial charge >= 0.3 is 0 Å². The SMILES string of the molecule is CCCCN1CCC1C(N)=O. The summed E-state index contributed by atoms with van der Waals surface area (Å²) in [5.74, 6) is -0.160. The van der Waals surface area contributed by atoms with Gasteiger partial charge in [-0.15, -0.1) is 0 Å². The normalized spacial score (nSPS) is 24.6. The summed E-state index contributed by atoms with van der Waals surface area (Å²) in [6.07, 6.45) is 3.31. The third-order valence-electron chi connectivity index (χ3n) is 2.26. The van der Waals surface area contributed by atoms with Crippen molar-refractivity contribution in [3.05, 3.63) is 0 Å². The van der Waals surface area contributed by atoms with Crippen LogP contribution in [0, 0.1) is 0 Å². The molecule has 0 saturated carbocycles. The van der Waals surface area contributed by atoms with E-state index < -0.39 is 0 Å². The summed E-state index contributed by atoms with van der Waals surface area (Å²) < 4.78 is 0. The quantitative estimate of drug-likeness (QED) is 0.638. The molecule has 1 atom stereocenters. The van der Waals surface area contributed by atoms with Crippen molar-refractivity contribution in [1.29, 1.82) is 0 Å². The fourth-order valence-electron chi connectivity index (χ4n) is 1.39. The van der Waals surface area contributed by atoms with E-state index in [2.05, 4.69) is 11.8 Å². The summed E-state index contributed by atoms with van der Waals surface area (Å²) in [7, 11) is 0. The average molecular weight is 156 g/mol. The number of hydrogen-bond acceptors (Lipinski definition) is 2. The first-order chi connectivity index (χ1) is 5.25. The number of hydrogen-bond donors (Lipinski definition) is 1. The lowest BCUT2D eigenvalue weighted by molar-refractivity contribution is -0.127. The van der Waals surface area contributed by atoms with Crippen LogP contribution in [0.4, 0.5) is 0 Å². The maximum atomic E-state index is 10.7. The van der Waals surface area contributed by atoms with Crippen molar-refractivity contribution in [2.75, 3.05) is 13.1 Å². The van der Waals surface area contributed by atoms with Crippen LogP contribution >= 0.6 is 0 Å². The van der Waals surface area contributed by atoms with E-state index in [9.17, 15) is 4.79 Å². The van der Waals surface area contributed by atoms with Crippen molar-refractivity contribution < 1.29 is 4.79 Å². The number of nitrogens with zero attached hydrogens (tertiary/aromatic N) is 1. The van der Waals surface area contributed by atoms with Gasteiger partial charge in [0.15, 0.2) is 0 Å². The van der Waals surface area contributed by atoms with Crippen LogP contribution in [-0.2, 0) is 4.79 Å². The standard InChI is InChI=1S/C8H16N2O/c1-2-3-5-10-6-4-7(10)8(9)11/h7H,2-6H2,1H3,(H2,9,11). The minimum absolute atomic E-state index is 0.0431. The fraction of sp³-hybridized carbons (Fsp3) is 0.875. The molecule has 1 aliphatic rings. The molecule has 2 N–H and O–H groups in total. The van der Waals surface area contributed by atoms with Gasteiger partial charge in [0.05, 0.1) is 6.04 Å². The summed E-state index contributed by atoms with van der Waals surface area (Å²) in [5, 5.41) is 0. The van der Waals surface area contributed by atoms with Gasteiger partial charge in [-0.3, -0.25) is 9.69 Å². The zero-order valence-electron chi connectivity index (χ0n) is 7.05.